The molecule has 11 heavy (non-hydrogen) atoms. The number of hydrogen-bond acceptors (Lipinski definition) is 0. The van der Waals surface area contributed by atoms with Gasteiger partial charge in [-0.3, -0.25) is 0 Å². The fourth-order valence-electron chi connectivity index (χ4n) is 1.03. The zero-order chi connectivity index (χ0) is 8.43. The zero-order valence-electron chi connectivity index (χ0n) is 7.11. The predicted octanol–water partition coefficient (Wildman–Crippen LogP) is 3.68. The Morgan fingerprint density at radius 2 is 2.00 bits per heavy atom. The van der Waals surface area contributed by atoms with Crippen LogP contribution in [0.2, 0.25) is 0 Å². The number of rotatable bonds is 1. The van der Waals surface area contributed by atoms with E-state index in [2.05, 4.69) is 54.9 Å². The first kappa shape index (κ1) is 8.79. The molecule has 0 aliphatic rings. The summed E-state index contributed by atoms with van der Waals surface area (Å²) in [6.07, 6.45) is 0. The fraction of sp³-hybridized carbons (Fsp3) is 0.400. The van der Waals surface area contributed by atoms with Crippen molar-refractivity contribution in [3.8, 4) is 0 Å². The van der Waals surface area contributed by atoms with Gasteiger partial charge in [-0.15, -0.1) is 0 Å². The van der Waals surface area contributed by atoms with Gasteiger partial charge in [-0.05, 0) is 30.0 Å². The summed E-state index contributed by atoms with van der Waals surface area (Å²) in [4.78, 5) is 0. The van der Waals surface area contributed by atoms with Crippen molar-refractivity contribution >= 4 is 15.9 Å². The minimum atomic E-state index is 0.597. The van der Waals surface area contributed by atoms with E-state index < -0.39 is 0 Å². The lowest BCUT2D eigenvalue weighted by Gasteiger charge is -2.06. The molecule has 1 radical (unpaired) electrons. The van der Waals surface area contributed by atoms with Gasteiger partial charge in [0, 0.05) is 10.5 Å². The molecule has 0 fully saturated rings. The molecule has 0 heterocycles. The Morgan fingerprint density at radius 3 is 2.45 bits per heavy atom. The molecule has 1 aromatic rings. The first-order chi connectivity index (χ1) is 5.09. The number of aryl methyl sites for hydroxylation is 1. The first-order valence-electron chi connectivity index (χ1n) is 3.79. The molecule has 0 atom stereocenters. The quantitative estimate of drug-likeness (QED) is 0.666. The lowest BCUT2D eigenvalue weighted by Crippen LogP contribution is -1.88. The second-order valence-electron chi connectivity index (χ2n) is 3.10. The summed E-state index contributed by atoms with van der Waals surface area (Å²) < 4.78 is 1.06. The van der Waals surface area contributed by atoms with E-state index >= 15 is 0 Å². The van der Waals surface area contributed by atoms with Gasteiger partial charge >= 0.3 is 0 Å². The minimum Gasteiger partial charge on any atom is -0.0587 e. The number of hydrogen-bond donors (Lipinski definition) is 0. The van der Waals surface area contributed by atoms with Crippen LogP contribution in [0.1, 0.15) is 30.9 Å². The molecule has 0 saturated carbocycles. The molecule has 0 unspecified atom stereocenters. The van der Waals surface area contributed by atoms with Gasteiger partial charge in [0.2, 0.25) is 0 Å². The molecule has 0 saturated heterocycles. The van der Waals surface area contributed by atoms with Crippen LogP contribution in [0.25, 0.3) is 0 Å². The van der Waals surface area contributed by atoms with Crippen LogP contribution in [0.3, 0.4) is 0 Å². The van der Waals surface area contributed by atoms with E-state index in [1.54, 1.807) is 0 Å². The number of benzene rings is 1. The highest BCUT2D eigenvalue weighted by molar-refractivity contribution is 9.10. The van der Waals surface area contributed by atoms with Crippen molar-refractivity contribution < 1.29 is 0 Å². The molecule has 59 valence electrons. The molecule has 0 amide bonds. The van der Waals surface area contributed by atoms with E-state index in [0.717, 1.165) is 4.47 Å². The van der Waals surface area contributed by atoms with Crippen LogP contribution in [-0.2, 0) is 0 Å². The summed E-state index contributed by atoms with van der Waals surface area (Å²) in [6.45, 7) is 6.46. The van der Waals surface area contributed by atoms with E-state index in [1.807, 2.05) is 0 Å². The maximum atomic E-state index is 3.43. The maximum Gasteiger partial charge on any atom is 0.0259 e. The van der Waals surface area contributed by atoms with Gasteiger partial charge in [-0.2, -0.15) is 0 Å². The van der Waals surface area contributed by atoms with Crippen LogP contribution in [0, 0.1) is 13.0 Å². The van der Waals surface area contributed by atoms with Crippen molar-refractivity contribution in [1.29, 1.82) is 0 Å². The zero-order valence-corrected chi connectivity index (χ0v) is 8.70. The van der Waals surface area contributed by atoms with Crippen molar-refractivity contribution in [2.45, 2.75) is 26.7 Å². The summed E-state index contributed by atoms with van der Waals surface area (Å²) in [5.41, 5.74) is 2.57. The molecule has 0 N–H and O–H groups in total. The Hall–Kier alpha value is -0.300. The fourth-order valence-corrected chi connectivity index (χ4v) is 1.61. The molecule has 1 rings (SSSR count). The number of halogens is 1. The highest BCUT2D eigenvalue weighted by atomic mass is 79.9. The van der Waals surface area contributed by atoms with E-state index in [-0.39, 0.29) is 0 Å². The third kappa shape index (κ3) is 2.33. The van der Waals surface area contributed by atoms with Gasteiger partial charge in [0.05, 0.1) is 0 Å². The van der Waals surface area contributed by atoms with Crippen LogP contribution >= 0.6 is 15.9 Å². The van der Waals surface area contributed by atoms with Crippen LogP contribution in [-0.4, -0.2) is 0 Å². The molecule has 0 aromatic heterocycles. The third-order valence-electron chi connectivity index (χ3n) is 1.66. The van der Waals surface area contributed by atoms with Crippen LogP contribution in [0.15, 0.2) is 16.6 Å². The van der Waals surface area contributed by atoms with Crippen molar-refractivity contribution in [1.82, 2.24) is 0 Å². The summed E-state index contributed by atoms with van der Waals surface area (Å²) in [6, 6.07) is 7.48. The lowest BCUT2D eigenvalue weighted by atomic mass is 10.0. The second kappa shape index (κ2) is 3.40. The molecule has 1 aromatic carbocycles. The standard InChI is InChI=1S/C10H12Br/c1-7(2)9-4-8(3)5-10(11)6-9/h4,6-7H,1-3H3. The Labute approximate surface area is 76.8 Å². The van der Waals surface area contributed by atoms with E-state index in [1.165, 1.54) is 11.1 Å². The molecule has 0 aliphatic carbocycles. The van der Waals surface area contributed by atoms with Crippen molar-refractivity contribution in [3.63, 3.8) is 0 Å². The van der Waals surface area contributed by atoms with E-state index in [4.69, 9.17) is 0 Å². The monoisotopic (exact) mass is 211 g/mol. The molecule has 0 spiro atoms. The van der Waals surface area contributed by atoms with Gasteiger partial charge in [0.15, 0.2) is 0 Å². The van der Waals surface area contributed by atoms with Crippen LogP contribution in [0.5, 0.6) is 0 Å². The van der Waals surface area contributed by atoms with Crippen LogP contribution in [0.4, 0.5) is 0 Å². The third-order valence-corrected chi connectivity index (χ3v) is 2.09. The Bertz CT molecular complexity index is 231. The van der Waals surface area contributed by atoms with Crippen molar-refractivity contribution in [2.75, 3.05) is 0 Å². The Morgan fingerprint density at radius 1 is 1.36 bits per heavy atom. The van der Waals surface area contributed by atoms with Gasteiger partial charge in [-0.1, -0.05) is 35.8 Å². The van der Waals surface area contributed by atoms with Gasteiger partial charge in [-0.25, -0.2) is 0 Å². The van der Waals surface area contributed by atoms with E-state index in [0.29, 0.717) is 5.92 Å². The highest BCUT2D eigenvalue weighted by Gasteiger charge is 2.00. The molecule has 0 aliphatic heterocycles. The smallest absolute Gasteiger partial charge is 0.0259 e. The minimum absolute atomic E-state index is 0.597. The van der Waals surface area contributed by atoms with Gasteiger partial charge in [0.25, 0.3) is 0 Å². The highest BCUT2D eigenvalue weighted by Crippen LogP contribution is 2.20. The van der Waals surface area contributed by atoms with Crippen LogP contribution < -0.4 is 0 Å². The first-order valence-corrected chi connectivity index (χ1v) is 4.58. The van der Waals surface area contributed by atoms with Gasteiger partial charge < -0.3 is 0 Å². The SMILES string of the molecule is Cc1[c]c(Br)cc(C(C)C)c1. The Balaban J connectivity index is 3.08. The van der Waals surface area contributed by atoms with Gasteiger partial charge in [0.1, 0.15) is 0 Å². The molecule has 0 nitrogen and oxygen atoms in total. The largest absolute Gasteiger partial charge is 0.0587 e. The molecular weight excluding hydrogens is 200 g/mol. The van der Waals surface area contributed by atoms with Crippen molar-refractivity contribution in [3.05, 3.63) is 33.8 Å². The second-order valence-corrected chi connectivity index (χ2v) is 3.95. The topological polar surface area (TPSA) is 0 Å². The predicted molar refractivity (Wildman–Crippen MR) is 51.8 cm³/mol. The van der Waals surface area contributed by atoms with E-state index in [9.17, 15) is 0 Å². The Kier molecular flexibility index (Phi) is 2.72. The average Bonchev–Trinajstić information content (AvgIpc) is 1.85. The molecular formula is C10H12Br. The summed E-state index contributed by atoms with van der Waals surface area (Å²) in [5, 5.41) is 0. The summed E-state index contributed by atoms with van der Waals surface area (Å²) in [7, 11) is 0. The molecule has 0 bridgehead atoms. The lowest BCUT2D eigenvalue weighted by molar-refractivity contribution is 0.863. The average molecular weight is 212 g/mol. The van der Waals surface area contributed by atoms with Crippen molar-refractivity contribution in [2.24, 2.45) is 0 Å². The molecule has 1 heteroatoms. The normalized spacial score (nSPS) is 10.6. The maximum absolute atomic E-state index is 3.43. The summed E-state index contributed by atoms with van der Waals surface area (Å²) >= 11 is 3.43. The summed E-state index contributed by atoms with van der Waals surface area (Å²) in [5.74, 6) is 0.597.